The summed E-state index contributed by atoms with van der Waals surface area (Å²) in [6.07, 6.45) is 0. The maximum Gasteiger partial charge on any atom is 0.335 e. The summed E-state index contributed by atoms with van der Waals surface area (Å²) in [6, 6.07) is 6.76. The third-order valence-electron chi connectivity index (χ3n) is 4.15. The van der Waals surface area contributed by atoms with Gasteiger partial charge in [0, 0.05) is 28.7 Å². The zero-order valence-electron chi connectivity index (χ0n) is 14.8. The molecule has 0 saturated carbocycles. The summed E-state index contributed by atoms with van der Waals surface area (Å²) in [5, 5.41) is 13.3. The first-order chi connectivity index (χ1) is 12.3. The van der Waals surface area contributed by atoms with E-state index in [1.807, 2.05) is 26.8 Å². The molecule has 0 atom stereocenters. The SMILES string of the molecule is CCNC(=O)Nn1nc(NC(=O)c2cccc(Br)c2)c2c1C(C)(C)NC2. The van der Waals surface area contributed by atoms with E-state index in [2.05, 4.69) is 42.4 Å². The Labute approximate surface area is 159 Å². The lowest BCUT2D eigenvalue weighted by atomic mass is 10.0. The molecular weight excluding hydrogens is 400 g/mol. The van der Waals surface area contributed by atoms with Crippen LogP contribution in [0.2, 0.25) is 0 Å². The van der Waals surface area contributed by atoms with Crippen LogP contribution in [0.3, 0.4) is 0 Å². The number of anilines is 1. The standard InChI is InChI=1S/C17H21BrN6O2/c1-4-19-16(26)23-24-13-12(9-20-17(13,2)3)14(22-24)21-15(25)10-6-5-7-11(18)8-10/h5-8,20H,4,9H2,1-3H3,(H2,19,23,26)(H,21,22,25). The quantitative estimate of drug-likeness (QED) is 0.610. The lowest BCUT2D eigenvalue weighted by molar-refractivity contribution is 0.102. The van der Waals surface area contributed by atoms with E-state index >= 15 is 0 Å². The number of carbonyl (C=O) groups is 2. The molecule has 4 N–H and O–H groups in total. The zero-order valence-corrected chi connectivity index (χ0v) is 16.4. The number of rotatable bonds is 4. The van der Waals surface area contributed by atoms with E-state index in [9.17, 15) is 9.59 Å². The highest BCUT2D eigenvalue weighted by molar-refractivity contribution is 9.10. The fraction of sp³-hybridized carbons (Fsp3) is 0.353. The molecule has 2 aromatic rings. The molecule has 26 heavy (non-hydrogen) atoms. The molecule has 8 nitrogen and oxygen atoms in total. The van der Waals surface area contributed by atoms with Crippen molar-refractivity contribution < 1.29 is 9.59 Å². The molecule has 0 spiro atoms. The molecule has 1 aromatic carbocycles. The molecule has 1 aliphatic rings. The second-order valence-electron chi connectivity index (χ2n) is 6.50. The van der Waals surface area contributed by atoms with Gasteiger partial charge in [0.2, 0.25) is 0 Å². The highest BCUT2D eigenvalue weighted by Gasteiger charge is 2.37. The largest absolute Gasteiger partial charge is 0.337 e. The van der Waals surface area contributed by atoms with Gasteiger partial charge in [-0.15, -0.1) is 5.10 Å². The number of urea groups is 1. The Hall–Kier alpha value is -2.39. The van der Waals surface area contributed by atoms with Crippen LogP contribution < -0.4 is 21.4 Å². The van der Waals surface area contributed by atoms with Crippen LogP contribution in [0.1, 0.15) is 42.4 Å². The normalized spacial score (nSPS) is 14.6. The van der Waals surface area contributed by atoms with Crippen molar-refractivity contribution in [3.8, 4) is 0 Å². The maximum atomic E-state index is 12.6. The Morgan fingerprint density at radius 1 is 1.38 bits per heavy atom. The summed E-state index contributed by atoms with van der Waals surface area (Å²) in [7, 11) is 0. The van der Waals surface area contributed by atoms with Crippen molar-refractivity contribution in [3.05, 3.63) is 45.6 Å². The Morgan fingerprint density at radius 2 is 2.15 bits per heavy atom. The molecule has 0 aliphatic carbocycles. The molecule has 0 saturated heterocycles. The lowest BCUT2D eigenvalue weighted by Crippen LogP contribution is -2.39. The van der Waals surface area contributed by atoms with Crippen LogP contribution in [0.15, 0.2) is 28.7 Å². The molecule has 0 fully saturated rings. The van der Waals surface area contributed by atoms with E-state index in [1.165, 1.54) is 4.79 Å². The lowest BCUT2D eigenvalue weighted by Gasteiger charge is -2.21. The average Bonchev–Trinajstić information content (AvgIpc) is 3.07. The van der Waals surface area contributed by atoms with E-state index in [-0.39, 0.29) is 17.5 Å². The summed E-state index contributed by atoms with van der Waals surface area (Å²) in [5.74, 6) is 0.168. The first-order valence-electron chi connectivity index (χ1n) is 8.31. The number of fused-ring (bicyclic) bond motifs is 1. The Bertz CT molecular complexity index is 861. The average molecular weight is 421 g/mol. The van der Waals surface area contributed by atoms with Crippen molar-refractivity contribution >= 4 is 33.7 Å². The molecule has 3 amide bonds. The predicted molar refractivity (Wildman–Crippen MR) is 103 cm³/mol. The first-order valence-corrected chi connectivity index (χ1v) is 9.10. The van der Waals surface area contributed by atoms with E-state index in [0.29, 0.717) is 24.5 Å². The minimum absolute atomic E-state index is 0.263. The van der Waals surface area contributed by atoms with Crippen molar-refractivity contribution in [2.75, 3.05) is 17.3 Å². The van der Waals surface area contributed by atoms with Gasteiger partial charge in [-0.3, -0.25) is 4.79 Å². The van der Waals surface area contributed by atoms with Crippen LogP contribution in [0, 0.1) is 0 Å². The number of halogens is 1. The van der Waals surface area contributed by atoms with Crippen molar-refractivity contribution in [2.45, 2.75) is 32.9 Å². The van der Waals surface area contributed by atoms with E-state index < -0.39 is 0 Å². The van der Waals surface area contributed by atoms with Crippen molar-refractivity contribution in [2.24, 2.45) is 0 Å². The Kier molecular flexibility index (Phi) is 5.01. The van der Waals surface area contributed by atoms with Gasteiger partial charge in [0.15, 0.2) is 5.82 Å². The first kappa shape index (κ1) is 18.4. The fourth-order valence-corrected chi connectivity index (χ4v) is 3.34. The van der Waals surface area contributed by atoms with E-state index in [0.717, 1.165) is 15.7 Å². The van der Waals surface area contributed by atoms with Gasteiger partial charge < -0.3 is 16.0 Å². The number of aromatic nitrogens is 2. The van der Waals surface area contributed by atoms with Gasteiger partial charge in [0.25, 0.3) is 5.91 Å². The molecule has 3 rings (SSSR count). The van der Waals surface area contributed by atoms with Crippen molar-refractivity contribution in [3.63, 3.8) is 0 Å². The summed E-state index contributed by atoms with van der Waals surface area (Å²) in [6.45, 7) is 6.88. The molecule has 0 unspecified atom stereocenters. The monoisotopic (exact) mass is 420 g/mol. The second kappa shape index (κ2) is 7.08. The number of hydrogen-bond donors (Lipinski definition) is 4. The molecule has 2 heterocycles. The molecular formula is C17H21BrN6O2. The van der Waals surface area contributed by atoms with Crippen LogP contribution in [0.5, 0.6) is 0 Å². The highest BCUT2D eigenvalue weighted by Crippen LogP contribution is 2.34. The number of amides is 3. The predicted octanol–water partition coefficient (Wildman–Crippen LogP) is 2.51. The molecule has 9 heteroatoms. The van der Waals surface area contributed by atoms with Gasteiger partial charge in [0.05, 0.1) is 11.2 Å². The number of benzene rings is 1. The summed E-state index contributed by atoms with van der Waals surface area (Å²) >= 11 is 3.36. The topological polar surface area (TPSA) is 100 Å². The van der Waals surface area contributed by atoms with Crippen LogP contribution in [-0.2, 0) is 12.1 Å². The summed E-state index contributed by atoms with van der Waals surface area (Å²) < 4.78 is 0.821. The van der Waals surface area contributed by atoms with Gasteiger partial charge in [0.1, 0.15) is 0 Å². The van der Waals surface area contributed by atoms with E-state index in [4.69, 9.17) is 0 Å². The van der Waals surface area contributed by atoms with Gasteiger partial charge in [-0.2, -0.15) is 4.79 Å². The van der Waals surface area contributed by atoms with Gasteiger partial charge in [-0.1, -0.05) is 22.0 Å². The number of hydrogen-bond acceptors (Lipinski definition) is 4. The van der Waals surface area contributed by atoms with Crippen LogP contribution in [-0.4, -0.2) is 28.4 Å². The number of carbonyl (C=O) groups excluding carboxylic acids is 2. The molecule has 1 aromatic heterocycles. The van der Waals surface area contributed by atoms with Crippen LogP contribution in [0.25, 0.3) is 0 Å². The molecule has 1 aliphatic heterocycles. The third-order valence-corrected chi connectivity index (χ3v) is 4.64. The second-order valence-corrected chi connectivity index (χ2v) is 7.42. The molecule has 138 valence electrons. The maximum absolute atomic E-state index is 12.6. The summed E-state index contributed by atoms with van der Waals surface area (Å²) in [4.78, 5) is 25.9. The smallest absolute Gasteiger partial charge is 0.335 e. The number of nitrogens with one attached hydrogen (secondary N) is 4. The Balaban J connectivity index is 1.91. The van der Waals surface area contributed by atoms with Gasteiger partial charge in [-0.05, 0) is 39.0 Å². The van der Waals surface area contributed by atoms with Gasteiger partial charge in [-0.25, -0.2) is 10.2 Å². The van der Waals surface area contributed by atoms with E-state index in [1.54, 1.807) is 18.2 Å². The fourth-order valence-electron chi connectivity index (χ4n) is 2.94. The third kappa shape index (κ3) is 3.58. The Morgan fingerprint density at radius 3 is 2.85 bits per heavy atom. The number of nitrogens with zero attached hydrogens (tertiary/aromatic N) is 2. The van der Waals surface area contributed by atoms with Crippen LogP contribution in [0.4, 0.5) is 10.6 Å². The minimum Gasteiger partial charge on any atom is -0.337 e. The minimum atomic E-state index is -0.388. The molecule has 0 radical (unpaired) electrons. The summed E-state index contributed by atoms with van der Waals surface area (Å²) in [5.41, 5.74) is 4.50. The van der Waals surface area contributed by atoms with Crippen LogP contribution >= 0.6 is 15.9 Å². The van der Waals surface area contributed by atoms with Crippen molar-refractivity contribution in [1.82, 2.24) is 20.5 Å². The molecule has 0 bridgehead atoms. The van der Waals surface area contributed by atoms with Crippen molar-refractivity contribution in [1.29, 1.82) is 0 Å². The van der Waals surface area contributed by atoms with Gasteiger partial charge >= 0.3 is 6.03 Å². The highest BCUT2D eigenvalue weighted by atomic mass is 79.9. The zero-order chi connectivity index (χ0) is 18.9.